The molecule has 1 rings (SSSR count). The average Bonchev–Trinajstić information content (AvgIpc) is 2.11. The van der Waals surface area contributed by atoms with Gasteiger partial charge in [0.15, 0.2) is 0 Å². The predicted octanol–water partition coefficient (Wildman–Crippen LogP) is -1.50. The van der Waals surface area contributed by atoms with Crippen LogP contribution in [0.4, 0.5) is 0 Å². The van der Waals surface area contributed by atoms with Crippen LogP contribution in [-0.4, -0.2) is 20.2 Å². The summed E-state index contributed by atoms with van der Waals surface area (Å²) in [7, 11) is 0. The molecule has 0 aliphatic carbocycles. The third kappa shape index (κ3) is 0.510. The number of aromatic nitrogens is 4. The molecule has 0 fully saturated rings. The van der Waals surface area contributed by atoms with E-state index in [2.05, 4.69) is 10.4 Å². The Morgan fingerprint density at radius 2 is 3.00 bits per heavy atom. The molecule has 0 unspecified atom stereocenters. The number of aromatic amines is 1. The van der Waals surface area contributed by atoms with Crippen molar-refractivity contribution >= 4 is 0 Å². The molecular formula is C2H4N4O. The molecule has 0 aromatic carbocycles. The zero-order valence-electron chi connectivity index (χ0n) is 6.25. The average molecular weight is 103 g/mol. The van der Waals surface area contributed by atoms with E-state index in [1.54, 1.807) is 0 Å². The molecule has 7 heavy (non-hydrogen) atoms. The maximum atomic E-state index is 10.5. The van der Waals surface area contributed by atoms with Crippen LogP contribution in [0.1, 0.15) is 4.11 Å². The first-order chi connectivity index (χ1) is 4.52. The summed E-state index contributed by atoms with van der Waals surface area (Å²) in [6.45, 7) is -2.54. The number of rotatable bonds is 0. The van der Waals surface area contributed by atoms with Gasteiger partial charge >= 0.3 is 5.69 Å². The number of hydrogen-bond acceptors (Lipinski definition) is 3. The molecule has 1 N–H and O–H groups in total. The van der Waals surface area contributed by atoms with Gasteiger partial charge in [-0.25, -0.2) is 9.89 Å². The lowest BCUT2D eigenvalue weighted by molar-refractivity contribution is 0.695. The maximum Gasteiger partial charge on any atom is 0.360 e. The lowest BCUT2D eigenvalue weighted by Gasteiger charge is -1.71. The highest BCUT2D eigenvalue weighted by Crippen LogP contribution is 1.46. The highest BCUT2D eigenvalue weighted by atomic mass is 16.2. The number of nitrogens with zero attached hydrogens (tertiary/aromatic N) is 3. The zero-order valence-corrected chi connectivity index (χ0v) is 3.25. The number of H-pyrrole nitrogens is 1. The molecule has 1 heterocycles. The minimum absolute atomic E-state index is 0.299. The van der Waals surface area contributed by atoms with Crippen molar-refractivity contribution in [3.8, 4) is 0 Å². The van der Waals surface area contributed by atoms with E-state index in [9.17, 15) is 4.79 Å². The molecule has 0 radical (unpaired) electrons. The fourth-order valence-electron chi connectivity index (χ4n) is 0.198. The molecule has 5 nitrogen and oxygen atoms in total. The highest BCUT2D eigenvalue weighted by Gasteiger charge is 1.84. The molecule has 0 bridgehead atoms. The van der Waals surface area contributed by atoms with Gasteiger partial charge in [0.2, 0.25) is 0 Å². The summed E-state index contributed by atoms with van der Waals surface area (Å²) in [6.07, 6.45) is 0. The first-order valence-electron chi connectivity index (χ1n) is 3.02. The van der Waals surface area contributed by atoms with Crippen molar-refractivity contribution in [2.45, 2.75) is 0 Å². The van der Waals surface area contributed by atoms with Crippen LogP contribution < -0.4 is 5.69 Å². The van der Waals surface area contributed by atoms with E-state index in [4.69, 9.17) is 4.11 Å². The number of nitrogens with one attached hydrogen (secondary N) is 1. The Labute approximate surface area is 43.2 Å². The topological polar surface area (TPSA) is 63.6 Å². The first kappa shape index (κ1) is 1.77. The monoisotopic (exact) mass is 103 g/mol. The van der Waals surface area contributed by atoms with Gasteiger partial charge in [-0.05, 0) is 10.4 Å². The van der Waals surface area contributed by atoms with Crippen molar-refractivity contribution in [1.29, 1.82) is 0 Å². The third-order valence-electron chi connectivity index (χ3n) is 0.472. The summed E-state index contributed by atoms with van der Waals surface area (Å²) in [6, 6.07) is 0. The van der Waals surface area contributed by atoms with Crippen LogP contribution in [0.25, 0.3) is 0 Å². The zero-order chi connectivity index (χ0) is 7.78. The quantitative estimate of drug-likeness (QED) is 0.434. The highest BCUT2D eigenvalue weighted by molar-refractivity contribution is 4.43. The van der Waals surface area contributed by atoms with Crippen LogP contribution in [0, 0.1) is 0 Å². The molecule has 1 aromatic heterocycles. The molecule has 38 valence electrons. The van der Waals surface area contributed by atoms with Gasteiger partial charge in [0.1, 0.15) is 0 Å². The van der Waals surface area contributed by atoms with E-state index in [1.807, 2.05) is 5.10 Å². The number of tetrazole rings is 1. The Morgan fingerprint density at radius 3 is 3.29 bits per heavy atom. The van der Waals surface area contributed by atoms with Gasteiger partial charge in [-0.2, -0.15) is 4.68 Å². The summed E-state index contributed by atoms with van der Waals surface area (Å²) >= 11 is 0. The smallest absolute Gasteiger partial charge is 0.245 e. The van der Waals surface area contributed by atoms with Gasteiger partial charge in [-0.15, -0.1) is 0 Å². The molecule has 0 saturated heterocycles. The largest absolute Gasteiger partial charge is 0.360 e. The van der Waals surface area contributed by atoms with Crippen molar-refractivity contribution in [3.63, 3.8) is 0 Å². The van der Waals surface area contributed by atoms with Crippen LogP contribution in [-0.2, 0) is 6.98 Å². The fraction of sp³-hybridized carbons (Fsp3) is 0.500. The van der Waals surface area contributed by atoms with Gasteiger partial charge in [0, 0.05) is 11.1 Å². The first-order valence-corrected chi connectivity index (χ1v) is 1.52. The standard InChI is InChI=1S/C2H4N4O/c1-6-2(7)3-4-5-6/h1H3,(H,3,5,7)/i1D3. The van der Waals surface area contributed by atoms with E-state index in [0.29, 0.717) is 4.68 Å². The molecule has 0 aliphatic rings. The SMILES string of the molecule is [2H]C([2H])([2H])n1nn[nH]c1=O. The number of hydrogen-bond donors (Lipinski definition) is 1. The molecular weight excluding hydrogens is 96.0 g/mol. The second kappa shape index (κ2) is 1.18. The Bertz CT molecular complexity index is 271. The second-order valence-corrected chi connectivity index (χ2v) is 0.918. The van der Waals surface area contributed by atoms with Gasteiger partial charge < -0.3 is 0 Å². The van der Waals surface area contributed by atoms with E-state index < -0.39 is 12.7 Å². The van der Waals surface area contributed by atoms with Gasteiger partial charge in [-0.3, -0.25) is 0 Å². The van der Waals surface area contributed by atoms with Crippen LogP contribution in [0.2, 0.25) is 0 Å². The molecule has 0 spiro atoms. The van der Waals surface area contributed by atoms with Crippen LogP contribution in [0.5, 0.6) is 0 Å². The van der Waals surface area contributed by atoms with Gasteiger partial charge in [-0.1, -0.05) is 0 Å². The van der Waals surface area contributed by atoms with Crippen LogP contribution >= 0.6 is 0 Å². The second-order valence-electron chi connectivity index (χ2n) is 0.918. The maximum absolute atomic E-state index is 10.5. The summed E-state index contributed by atoms with van der Waals surface area (Å²) in [5.41, 5.74) is -0.833. The summed E-state index contributed by atoms with van der Waals surface area (Å²) < 4.78 is 20.4. The van der Waals surface area contributed by atoms with Crippen molar-refractivity contribution in [2.24, 2.45) is 6.98 Å². The van der Waals surface area contributed by atoms with E-state index in [0.717, 1.165) is 0 Å². The minimum atomic E-state index is -2.54. The van der Waals surface area contributed by atoms with Gasteiger partial charge in [0.25, 0.3) is 0 Å². The van der Waals surface area contributed by atoms with E-state index in [-0.39, 0.29) is 0 Å². The van der Waals surface area contributed by atoms with Crippen LogP contribution in [0.15, 0.2) is 4.79 Å². The molecule has 5 heteroatoms. The van der Waals surface area contributed by atoms with E-state index >= 15 is 0 Å². The molecule has 0 saturated carbocycles. The molecule has 0 amide bonds. The summed E-state index contributed by atoms with van der Waals surface area (Å²) in [5.74, 6) is 0. The molecule has 1 aromatic rings. The Kier molecular flexibility index (Phi) is 0.298. The normalized spacial score (nSPS) is 17.4. The third-order valence-corrected chi connectivity index (χ3v) is 0.472. The Morgan fingerprint density at radius 1 is 2.14 bits per heavy atom. The van der Waals surface area contributed by atoms with Crippen molar-refractivity contribution in [1.82, 2.24) is 20.2 Å². The van der Waals surface area contributed by atoms with E-state index in [1.165, 1.54) is 0 Å². The summed E-state index contributed by atoms with van der Waals surface area (Å²) in [4.78, 5) is 10.5. The predicted molar refractivity (Wildman–Crippen MR) is 21.6 cm³/mol. The van der Waals surface area contributed by atoms with Crippen molar-refractivity contribution < 1.29 is 4.11 Å². The fourth-order valence-corrected chi connectivity index (χ4v) is 0.198. The molecule has 0 atom stereocenters. The van der Waals surface area contributed by atoms with Gasteiger partial charge in [0.05, 0.1) is 0 Å². The lowest BCUT2D eigenvalue weighted by Crippen LogP contribution is -2.13. The minimum Gasteiger partial charge on any atom is -0.245 e. The number of aryl methyl sites for hydroxylation is 1. The van der Waals surface area contributed by atoms with Crippen molar-refractivity contribution in [3.05, 3.63) is 10.5 Å². The van der Waals surface area contributed by atoms with Crippen LogP contribution in [0.3, 0.4) is 0 Å². The summed E-state index contributed by atoms with van der Waals surface area (Å²) in [5, 5.41) is 7.89. The molecule has 0 aliphatic heterocycles. The Hall–Kier alpha value is -1.13. The van der Waals surface area contributed by atoms with Crippen molar-refractivity contribution in [2.75, 3.05) is 0 Å². The Balaban J connectivity index is 3.18. The lowest BCUT2D eigenvalue weighted by atomic mass is 11.2.